The number of aromatic nitrogens is 3. The van der Waals surface area contributed by atoms with Crippen molar-refractivity contribution in [2.24, 2.45) is 0 Å². The monoisotopic (exact) mass is 395 g/mol. The standard InChI is InChI=1S/C20H17N3O4S/c1-14-6-2-3-7-15(14)12-28(24,25)13-16-9-10-18(26-16)20-22-19(23-27-20)17-8-4-5-11-21-17/h2-11H,12-13H2,1H3. The minimum Gasteiger partial charge on any atom is -0.455 e. The van der Waals surface area contributed by atoms with Gasteiger partial charge in [0.1, 0.15) is 17.2 Å². The smallest absolute Gasteiger partial charge is 0.293 e. The van der Waals surface area contributed by atoms with Gasteiger partial charge in [0.05, 0.1) is 5.75 Å². The van der Waals surface area contributed by atoms with E-state index >= 15 is 0 Å². The van der Waals surface area contributed by atoms with Gasteiger partial charge < -0.3 is 8.94 Å². The molecule has 0 fully saturated rings. The molecule has 0 saturated heterocycles. The topological polar surface area (TPSA) is 99.1 Å². The first-order valence-electron chi connectivity index (χ1n) is 8.59. The van der Waals surface area contributed by atoms with E-state index in [1.807, 2.05) is 37.3 Å². The van der Waals surface area contributed by atoms with E-state index in [0.29, 0.717) is 23.0 Å². The maximum atomic E-state index is 12.5. The molecule has 0 bridgehead atoms. The summed E-state index contributed by atoms with van der Waals surface area (Å²) >= 11 is 0. The zero-order valence-corrected chi connectivity index (χ0v) is 15.9. The first-order valence-corrected chi connectivity index (χ1v) is 10.4. The zero-order valence-electron chi connectivity index (χ0n) is 15.1. The third-order valence-corrected chi connectivity index (χ3v) is 5.67. The Labute approximate surface area is 162 Å². The molecule has 0 radical (unpaired) electrons. The van der Waals surface area contributed by atoms with Crippen molar-refractivity contribution in [2.45, 2.75) is 18.4 Å². The van der Waals surface area contributed by atoms with Gasteiger partial charge in [0, 0.05) is 6.20 Å². The fourth-order valence-corrected chi connectivity index (χ4v) is 4.26. The van der Waals surface area contributed by atoms with Gasteiger partial charge in [0.25, 0.3) is 5.89 Å². The van der Waals surface area contributed by atoms with Crippen LogP contribution < -0.4 is 0 Å². The van der Waals surface area contributed by atoms with E-state index < -0.39 is 9.84 Å². The SMILES string of the molecule is Cc1ccccc1CS(=O)(=O)Cc1ccc(-c2nc(-c3ccccn3)no2)o1. The van der Waals surface area contributed by atoms with Gasteiger partial charge in [-0.2, -0.15) is 4.98 Å². The van der Waals surface area contributed by atoms with Gasteiger partial charge in [-0.1, -0.05) is 35.5 Å². The van der Waals surface area contributed by atoms with Gasteiger partial charge >= 0.3 is 0 Å². The van der Waals surface area contributed by atoms with Gasteiger partial charge in [-0.05, 0) is 42.3 Å². The lowest BCUT2D eigenvalue weighted by molar-refractivity contribution is 0.413. The lowest BCUT2D eigenvalue weighted by Crippen LogP contribution is -2.08. The molecule has 0 aliphatic heterocycles. The van der Waals surface area contributed by atoms with Crippen molar-refractivity contribution in [3.63, 3.8) is 0 Å². The molecule has 3 aromatic heterocycles. The molecule has 3 heterocycles. The molecule has 0 amide bonds. The fraction of sp³-hybridized carbons (Fsp3) is 0.150. The van der Waals surface area contributed by atoms with Crippen LogP contribution in [0.1, 0.15) is 16.9 Å². The van der Waals surface area contributed by atoms with Crippen LogP contribution in [0.15, 0.2) is 69.7 Å². The molecular formula is C20H17N3O4S. The van der Waals surface area contributed by atoms with Gasteiger partial charge in [-0.25, -0.2) is 8.42 Å². The summed E-state index contributed by atoms with van der Waals surface area (Å²) in [5.74, 6) is 0.892. The van der Waals surface area contributed by atoms with Gasteiger partial charge in [0.15, 0.2) is 15.6 Å². The average Bonchev–Trinajstić information content (AvgIpc) is 3.33. The molecule has 0 aliphatic rings. The Morgan fingerprint density at radius 1 is 0.964 bits per heavy atom. The summed E-state index contributed by atoms with van der Waals surface area (Å²) in [6.45, 7) is 1.89. The minimum absolute atomic E-state index is 0.0416. The predicted octanol–water partition coefficient (Wildman–Crippen LogP) is 3.82. The number of hydrogen-bond acceptors (Lipinski definition) is 7. The Hall–Kier alpha value is -3.26. The fourth-order valence-electron chi connectivity index (χ4n) is 2.77. The van der Waals surface area contributed by atoms with Crippen molar-refractivity contribution in [1.29, 1.82) is 0 Å². The van der Waals surface area contributed by atoms with E-state index in [1.165, 1.54) is 0 Å². The van der Waals surface area contributed by atoms with Crippen molar-refractivity contribution in [3.8, 4) is 23.2 Å². The Bertz CT molecular complexity index is 1200. The minimum atomic E-state index is -3.39. The van der Waals surface area contributed by atoms with Crippen molar-refractivity contribution in [3.05, 3.63) is 77.7 Å². The molecule has 0 N–H and O–H groups in total. The molecule has 4 aromatic rings. The summed E-state index contributed by atoms with van der Waals surface area (Å²) in [5.41, 5.74) is 2.30. The summed E-state index contributed by atoms with van der Waals surface area (Å²) in [6, 6.07) is 16.0. The third kappa shape index (κ3) is 4.01. The highest BCUT2D eigenvalue weighted by Gasteiger charge is 2.19. The van der Waals surface area contributed by atoms with Crippen LogP contribution in [0.3, 0.4) is 0 Å². The molecule has 4 rings (SSSR count). The largest absolute Gasteiger partial charge is 0.455 e. The predicted molar refractivity (Wildman–Crippen MR) is 103 cm³/mol. The van der Waals surface area contributed by atoms with E-state index in [-0.39, 0.29) is 17.4 Å². The van der Waals surface area contributed by atoms with Gasteiger partial charge in [0.2, 0.25) is 5.82 Å². The van der Waals surface area contributed by atoms with Gasteiger partial charge in [-0.15, -0.1) is 0 Å². The van der Waals surface area contributed by atoms with Crippen molar-refractivity contribution < 1.29 is 17.4 Å². The Balaban J connectivity index is 1.50. The van der Waals surface area contributed by atoms with E-state index in [0.717, 1.165) is 11.1 Å². The van der Waals surface area contributed by atoms with E-state index in [1.54, 1.807) is 30.5 Å². The number of nitrogens with zero attached hydrogens (tertiary/aromatic N) is 3. The van der Waals surface area contributed by atoms with Crippen LogP contribution in [-0.4, -0.2) is 23.5 Å². The first-order chi connectivity index (χ1) is 13.5. The van der Waals surface area contributed by atoms with Crippen LogP contribution in [0.25, 0.3) is 23.2 Å². The van der Waals surface area contributed by atoms with Crippen LogP contribution in [-0.2, 0) is 21.3 Å². The number of furan rings is 1. The molecule has 0 unspecified atom stereocenters. The molecule has 0 spiro atoms. The summed E-state index contributed by atoms with van der Waals surface area (Å²) in [6.07, 6.45) is 1.63. The summed E-state index contributed by atoms with van der Waals surface area (Å²) < 4.78 is 35.9. The highest BCUT2D eigenvalue weighted by atomic mass is 32.2. The maximum Gasteiger partial charge on any atom is 0.293 e. The number of benzene rings is 1. The van der Waals surface area contributed by atoms with Crippen LogP contribution in [0.5, 0.6) is 0 Å². The second kappa shape index (κ2) is 7.40. The Morgan fingerprint density at radius 3 is 2.57 bits per heavy atom. The molecule has 0 aliphatic carbocycles. The Morgan fingerprint density at radius 2 is 1.79 bits per heavy atom. The van der Waals surface area contributed by atoms with Crippen molar-refractivity contribution in [1.82, 2.24) is 15.1 Å². The quantitative estimate of drug-likeness (QED) is 0.489. The van der Waals surface area contributed by atoms with Crippen LogP contribution in [0.4, 0.5) is 0 Å². The van der Waals surface area contributed by atoms with Crippen molar-refractivity contribution >= 4 is 9.84 Å². The number of aryl methyl sites for hydroxylation is 1. The average molecular weight is 395 g/mol. The molecule has 1 aromatic carbocycles. The Kier molecular flexibility index (Phi) is 4.79. The number of rotatable bonds is 6. The molecular weight excluding hydrogens is 378 g/mol. The lowest BCUT2D eigenvalue weighted by atomic mass is 10.1. The molecule has 142 valence electrons. The molecule has 7 nitrogen and oxygen atoms in total. The third-order valence-electron chi connectivity index (χ3n) is 4.19. The second-order valence-electron chi connectivity index (χ2n) is 6.36. The number of sulfone groups is 1. The highest BCUT2D eigenvalue weighted by Crippen LogP contribution is 2.25. The normalized spacial score (nSPS) is 11.6. The van der Waals surface area contributed by atoms with E-state index in [9.17, 15) is 8.42 Å². The van der Waals surface area contributed by atoms with E-state index in [2.05, 4.69) is 15.1 Å². The van der Waals surface area contributed by atoms with Crippen LogP contribution in [0, 0.1) is 6.92 Å². The number of pyridine rings is 1. The first kappa shape index (κ1) is 18.1. The summed E-state index contributed by atoms with van der Waals surface area (Å²) in [4.78, 5) is 8.42. The molecule has 0 atom stereocenters. The molecule has 8 heteroatoms. The summed E-state index contributed by atoms with van der Waals surface area (Å²) in [7, 11) is -3.39. The molecule has 28 heavy (non-hydrogen) atoms. The highest BCUT2D eigenvalue weighted by molar-refractivity contribution is 7.89. The van der Waals surface area contributed by atoms with Crippen molar-refractivity contribution in [2.75, 3.05) is 0 Å². The van der Waals surface area contributed by atoms with Crippen LogP contribution >= 0.6 is 0 Å². The van der Waals surface area contributed by atoms with E-state index in [4.69, 9.17) is 8.94 Å². The zero-order chi connectivity index (χ0) is 19.6. The summed E-state index contributed by atoms with van der Waals surface area (Å²) in [5, 5.41) is 3.89. The lowest BCUT2D eigenvalue weighted by Gasteiger charge is -2.06. The molecule has 0 saturated carbocycles. The van der Waals surface area contributed by atoms with Crippen LogP contribution in [0.2, 0.25) is 0 Å². The maximum absolute atomic E-state index is 12.5. The van der Waals surface area contributed by atoms with Gasteiger partial charge in [-0.3, -0.25) is 4.98 Å². The second-order valence-corrected chi connectivity index (χ2v) is 8.43. The number of hydrogen-bond donors (Lipinski definition) is 0.